The zero-order valence-electron chi connectivity index (χ0n) is 5.08. The van der Waals surface area contributed by atoms with E-state index in [1.807, 2.05) is 6.07 Å². The molecule has 0 heterocycles. The van der Waals surface area contributed by atoms with E-state index < -0.39 is 5.97 Å². The molecule has 0 aliphatic rings. The predicted molar refractivity (Wildman–Crippen MR) is 37.7 cm³/mol. The van der Waals surface area contributed by atoms with Gasteiger partial charge in [0.05, 0.1) is 5.56 Å². The van der Waals surface area contributed by atoms with Crippen molar-refractivity contribution >= 4 is 17.8 Å². The summed E-state index contributed by atoms with van der Waals surface area (Å²) in [6, 6.07) is 8.55. The molecule has 0 radical (unpaired) electrons. The number of hydrogen-bond donors (Lipinski definition) is 0. The van der Waals surface area contributed by atoms with E-state index in [1.54, 1.807) is 24.3 Å². The summed E-state index contributed by atoms with van der Waals surface area (Å²) in [6.07, 6.45) is 0. The van der Waals surface area contributed by atoms with Crippen LogP contribution in [0.1, 0.15) is 10.4 Å². The summed E-state index contributed by atoms with van der Waals surface area (Å²) in [6.45, 7) is 0. The highest BCUT2D eigenvalue weighted by atomic mass is 35.5. The van der Waals surface area contributed by atoms with Gasteiger partial charge in [-0.25, -0.2) is 4.79 Å². The molecule has 10 heavy (non-hydrogen) atoms. The van der Waals surface area contributed by atoms with Crippen molar-refractivity contribution in [2.75, 3.05) is 0 Å². The quantitative estimate of drug-likeness (QED) is 0.625. The van der Waals surface area contributed by atoms with Crippen LogP contribution in [0.3, 0.4) is 0 Å². The lowest BCUT2D eigenvalue weighted by Gasteiger charge is -1.92. The molecule has 0 N–H and O–H groups in total. The average molecular weight is 159 g/mol. The van der Waals surface area contributed by atoms with Gasteiger partial charge in [0.1, 0.15) is 11.9 Å². The van der Waals surface area contributed by atoms with Gasteiger partial charge in [0.25, 0.3) is 0 Å². The van der Waals surface area contributed by atoms with E-state index in [2.05, 4.69) is 4.29 Å². The van der Waals surface area contributed by atoms with Crippen LogP contribution >= 0.6 is 11.9 Å². The summed E-state index contributed by atoms with van der Waals surface area (Å²) >= 11 is 4.84. The van der Waals surface area contributed by atoms with E-state index >= 15 is 0 Å². The van der Waals surface area contributed by atoms with Gasteiger partial charge >= 0.3 is 5.97 Å². The lowest BCUT2D eigenvalue weighted by atomic mass is 10.3. The topological polar surface area (TPSA) is 26.3 Å². The summed E-state index contributed by atoms with van der Waals surface area (Å²) < 4.78 is 3.97. The first-order valence-corrected chi connectivity index (χ1v) is 3.03. The number of rotatable bonds is 1. The molecule has 0 aliphatic carbocycles. The highest BCUT2D eigenvalue weighted by Gasteiger charge is 2.02. The molecule has 0 saturated heterocycles. The molecular weight excluding hydrogens is 154 g/mol. The van der Waals surface area contributed by atoms with Crippen molar-refractivity contribution in [2.24, 2.45) is 0 Å². The van der Waals surface area contributed by atoms with Crippen LogP contribution in [0.5, 0.6) is 0 Å². The van der Waals surface area contributed by atoms with Gasteiger partial charge in [-0.1, -0.05) is 18.2 Å². The minimum atomic E-state index is -0.526. The molecule has 0 unspecified atom stereocenters. The molecule has 0 spiro atoms. The fourth-order valence-electron chi connectivity index (χ4n) is 0.619. The lowest BCUT2D eigenvalue weighted by molar-refractivity contribution is 0.0751. The minimum Gasteiger partial charge on any atom is -0.343 e. The molecule has 0 bridgehead atoms. The average Bonchev–Trinajstić information content (AvgIpc) is 2.05. The smallest absolute Gasteiger partial charge is 0.343 e. The molecule has 0 fully saturated rings. The van der Waals surface area contributed by atoms with Crippen LogP contribution in [-0.2, 0) is 4.29 Å². The molecule has 0 atom stereocenters. The Bertz CT molecular complexity index is 220. The Hall–Kier alpha value is -1.02. The van der Waals surface area contributed by atoms with Gasteiger partial charge in [-0.3, -0.25) is 0 Å². The number of hydrogen-bond acceptors (Lipinski definition) is 2. The minimum absolute atomic E-state index is 0.456. The van der Waals surface area contributed by atoms with Crippen molar-refractivity contribution in [3.05, 3.63) is 35.9 Å². The van der Waals surface area contributed by atoms with Crippen molar-refractivity contribution < 1.29 is 9.08 Å². The Morgan fingerprint density at radius 2 is 1.90 bits per heavy atom. The summed E-state index contributed by atoms with van der Waals surface area (Å²) in [5.74, 6) is -0.526. The van der Waals surface area contributed by atoms with E-state index in [4.69, 9.17) is 11.9 Å². The Kier molecular flexibility index (Phi) is 2.29. The summed E-state index contributed by atoms with van der Waals surface area (Å²) in [5.41, 5.74) is 0.456. The Labute approximate surface area is 63.5 Å². The molecule has 0 saturated carbocycles. The van der Waals surface area contributed by atoms with Gasteiger partial charge < -0.3 is 4.29 Å². The van der Waals surface area contributed by atoms with Crippen LogP contribution in [0, 0.1) is 0 Å². The number of halogens is 1. The van der Waals surface area contributed by atoms with E-state index in [9.17, 15) is 4.79 Å². The Balaban J connectivity index is 2.85. The SMILES string of the molecule is O=[14C](OCl)c1ccccc1. The molecule has 3 heteroatoms. The predicted octanol–water partition coefficient (Wildman–Crippen LogP) is 2.00. The summed E-state index contributed by atoms with van der Waals surface area (Å²) in [4.78, 5) is 10.7. The fraction of sp³-hybridized carbons (Fsp3) is 0. The Morgan fingerprint density at radius 3 is 2.40 bits per heavy atom. The molecule has 1 aromatic rings. The van der Waals surface area contributed by atoms with Crippen LogP contribution in [-0.4, -0.2) is 5.97 Å². The zero-order chi connectivity index (χ0) is 7.40. The second-order valence-electron chi connectivity index (χ2n) is 1.73. The molecule has 2 nitrogen and oxygen atoms in total. The maximum atomic E-state index is 10.7. The van der Waals surface area contributed by atoms with Crippen LogP contribution in [0.15, 0.2) is 30.3 Å². The molecular formula is C7H5ClO2. The number of carbonyl (C=O) groups is 1. The van der Waals surface area contributed by atoms with Gasteiger partial charge in [-0.2, -0.15) is 0 Å². The normalized spacial score (nSPS) is 8.90. The maximum Gasteiger partial charge on any atom is 0.356 e. The first kappa shape index (κ1) is 7.09. The second-order valence-corrected chi connectivity index (χ2v) is 1.88. The standard InChI is InChI=1S/C7H5ClO2/c8-10-7(9)6-4-2-1-3-5-6/h1-5H/i7+2. The van der Waals surface area contributed by atoms with Crippen molar-refractivity contribution in [1.82, 2.24) is 0 Å². The third kappa shape index (κ3) is 1.48. The molecule has 0 aliphatic heterocycles. The van der Waals surface area contributed by atoms with Crippen molar-refractivity contribution in [3.8, 4) is 0 Å². The van der Waals surface area contributed by atoms with Crippen LogP contribution < -0.4 is 0 Å². The van der Waals surface area contributed by atoms with E-state index in [0.29, 0.717) is 5.56 Å². The first-order chi connectivity index (χ1) is 4.84. The highest BCUT2D eigenvalue weighted by Crippen LogP contribution is 2.01. The molecule has 0 aromatic heterocycles. The zero-order valence-corrected chi connectivity index (χ0v) is 5.84. The summed E-state index contributed by atoms with van der Waals surface area (Å²) in [7, 11) is 0. The summed E-state index contributed by atoms with van der Waals surface area (Å²) in [5, 5.41) is 0. The molecule has 52 valence electrons. The monoisotopic (exact) mass is 158 g/mol. The van der Waals surface area contributed by atoms with Gasteiger partial charge in [-0.15, -0.1) is 0 Å². The Morgan fingerprint density at radius 1 is 1.30 bits per heavy atom. The lowest BCUT2D eigenvalue weighted by Crippen LogP contribution is -1.96. The van der Waals surface area contributed by atoms with Gasteiger partial charge in [0.2, 0.25) is 0 Å². The maximum absolute atomic E-state index is 10.7. The second kappa shape index (κ2) is 3.22. The number of benzene rings is 1. The largest absolute Gasteiger partial charge is 0.356 e. The third-order valence-corrected chi connectivity index (χ3v) is 1.22. The van der Waals surface area contributed by atoms with Crippen LogP contribution in [0.4, 0.5) is 0 Å². The van der Waals surface area contributed by atoms with Crippen LogP contribution in [0.2, 0.25) is 0 Å². The van der Waals surface area contributed by atoms with Crippen molar-refractivity contribution in [3.63, 3.8) is 0 Å². The van der Waals surface area contributed by atoms with Gasteiger partial charge in [0.15, 0.2) is 0 Å². The van der Waals surface area contributed by atoms with E-state index in [1.165, 1.54) is 0 Å². The van der Waals surface area contributed by atoms with Crippen LogP contribution in [0.25, 0.3) is 0 Å². The fourth-order valence-corrected chi connectivity index (χ4v) is 0.708. The first-order valence-electron chi connectivity index (χ1n) is 2.72. The number of carbonyl (C=O) groups excluding carboxylic acids is 1. The van der Waals surface area contributed by atoms with Gasteiger partial charge in [-0.05, 0) is 12.1 Å². The van der Waals surface area contributed by atoms with E-state index in [-0.39, 0.29) is 0 Å². The molecule has 1 rings (SSSR count). The van der Waals surface area contributed by atoms with E-state index in [0.717, 1.165) is 0 Å². The van der Waals surface area contributed by atoms with Gasteiger partial charge in [0, 0.05) is 0 Å². The molecule has 0 amide bonds. The molecule has 1 aromatic carbocycles. The van der Waals surface area contributed by atoms with Crippen molar-refractivity contribution in [1.29, 1.82) is 0 Å². The third-order valence-electron chi connectivity index (χ3n) is 1.08. The van der Waals surface area contributed by atoms with Crippen molar-refractivity contribution in [2.45, 2.75) is 0 Å². The highest BCUT2D eigenvalue weighted by molar-refractivity contribution is 6.15.